The Morgan fingerprint density at radius 3 is 2.56 bits per heavy atom. The number of nitrogens with one attached hydrogen (secondary N) is 2. The topological polar surface area (TPSA) is 62.7 Å². The second-order valence-electron chi connectivity index (χ2n) is 5.49. The predicted octanol–water partition coefficient (Wildman–Crippen LogP) is 3.50. The minimum Gasteiger partial charge on any atom is -0.342 e. The van der Waals surface area contributed by atoms with Crippen molar-refractivity contribution in [3.8, 4) is 5.69 Å². The summed E-state index contributed by atoms with van der Waals surface area (Å²) in [6, 6.07) is 18.9. The summed E-state index contributed by atoms with van der Waals surface area (Å²) in [6.45, 7) is 0. The highest BCUT2D eigenvalue weighted by molar-refractivity contribution is 7.81. The van der Waals surface area contributed by atoms with E-state index in [1.807, 2.05) is 65.5 Å². The fraction of sp³-hybridized carbons (Fsp3) is 0. The van der Waals surface area contributed by atoms with Crippen molar-refractivity contribution in [2.24, 2.45) is 0 Å². The third-order valence-corrected chi connectivity index (χ3v) is 4.16. The van der Waals surface area contributed by atoms with E-state index in [0.29, 0.717) is 21.7 Å². The van der Waals surface area contributed by atoms with Crippen molar-refractivity contribution >= 4 is 33.8 Å². The Bertz CT molecular complexity index is 1120. The third kappa shape index (κ3) is 2.95. The van der Waals surface area contributed by atoms with Gasteiger partial charge in [-0.05, 0) is 36.4 Å². The molecule has 25 heavy (non-hydrogen) atoms. The summed E-state index contributed by atoms with van der Waals surface area (Å²) in [5.41, 5.74) is 2.20. The molecule has 0 saturated carbocycles. The zero-order chi connectivity index (χ0) is 17.2. The van der Waals surface area contributed by atoms with E-state index in [0.717, 1.165) is 11.4 Å². The Labute approximate surface area is 149 Å². The van der Waals surface area contributed by atoms with E-state index < -0.39 is 0 Å². The van der Waals surface area contributed by atoms with Crippen LogP contribution in [0.1, 0.15) is 5.82 Å². The van der Waals surface area contributed by atoms with Crippen LogP contribution in [0.25, 0.3) is 16.6 Å². The highest BCUT2D eigenvalue weighted by Crippen LogP contribution is 2.20. The first-order chi connectivity index (χ1) is 12.2. The molecule has 0 aliphatic rings. The first kappa shape index (κ1) is 15.3. The van der Waals surface area contributed by atoms with Crippen LogP contribution < -0.4 is 10.9 Å². The lowest BCUT2D eigenvalue weighted by Crippen LogP contribution is -2.20. The zero-order valence-corrected chi connectivity index (χ0v) is 14.0. The summed E-state index contributed by atoms with van der Waals surface area (Å²) in [5.74, 6) is 0.348. The molecule has 0 radical (unpaired) electrons. The molecule has 0 bridgehead atoms. The number of aromatic amines is 1. The van der Waals surface area contributed by atoms with Gasteiger partial charge >= 0.3 is 0 Å². The third-order valence-electron chi connectivity index (χ3n) is 3.86. The first-order valence-corrected chi connectivity index (χ1v) is 8.16. The normalized spacial score (nSPS) is 10.7. The van der Waals surface area contributed by atoms with Crippen molar-refractivity contribution in [1.82, 2.24) is 14.5 Å². The molecule has 2 heterocycles. The predicted molar refractivity (Wildman–Crippen MR) is 103 cm³/mol. The van der Waals surface area contributed by atoms with Crippen molar-refractivity contribution in [3.05, 3.63) is 89.2 Å². The largest absolute Gasteiger partial charge is 0.342 e. The van der Waals surface area contributed by atoms with Gasteiger partial charge in [0.2, 0.25) is 0 Å². The van der Waals surface area contributed by atoms with Gasteiger partial charge in [0.25, 0.3) is 5.56 Å². The van der Waals surface area contributed by atoms with Gasteiger partial charge in [-0.2, -0.15) is 0 Å². The van der Waals surface area contributed by atoms with Gasteiger partial charge in [0.05, 0.1) is 22.3 Å². The number of hydrogen-bond acceptors (Lipinski definition) is 3. The average Bonchev–Trinajstić information content (AvgIpc) is 3.16. The van der Waals surface area contributed by atoms with Gasteiger partial charge in [0.15, 0.2) is 5.82 Å². The quantitative estimate of drug-likeness (QED) is 0.557. The Kier molecular flexibility index (Phi) is 3.87. The number of H-pyrrole nitrogens is 1. The van der Waals surface area contributed by atoms with Crippen molar-refractivity contribution < 1.29 is 0 Å². The maximum Gasteiger partial charge on any atom is 0.259 e. The Morgan fingerprint density at radius 2 is 1.72 bits per heavy atom. The van der Waals surface area contributed by atoms with E-state index >= 15 is 0 Å². The van der Waals surface area contributed by atoms with Crippen LogP contribution in [0.2, 0.25) is 0 Å². The number of para-hydroxylation sites is 3. The molecule has 0 amide bonds. The number of aromatic nitrogens is 3. The molecule has 4 aromatic rings. The minimum absolute atomic E-state index is 0.205. The average molecular weight is 346 g/mol. The first-order valence-electron chi connectivity index (χ1n) is 7.75. The summed E-state index contributed by atoms with van der Waals surface area (Å²) in [4.78, 5) is 19.8. The molecule has 2 aromatic carbocycles. The highest BCUT2D eigenvalue weighted by atomic mass is 32.1. The summed E-state index contributed by atoms with van der Waals surface area (Å²) < 4.78 is 1.99. The Balaban J connectivity index is 1.71. The molecule has 0 fully saturated rings. The molecule has 0 saturated heterocycles. The van der Waals surface area contributed by atoms with Crippen molar-refractivity contribution in [1.29, 1.82) is 0 Å². The Hall–Kier alpha value is -3.25. The van der Waals surface area contributed by atoms with Gasteiger partial charge in [-0.1, -0.05) is 36.5 Å². The number of thiocarbonyl (C=S) groups is 1. The molecule has 0 unspecified atom stereocenters. The lowest BCUT2D eigenvalue weighted by molar-refractivity contribution is 1.08. The molecule has 0 aliphatic heterocycles. The van der Waals surface area contributed by atoms with Crippen LogP contribution in [-0.2, 0) is 0 Å². The highest BCUT2D eigenvalue weighted by Gasteiger charge is 2.10. The monoisotopic (exact) mass is 346 g/mol. The lowest BCUT2D eigenvalue weighted by Gasteiger charge is -2.13. The molecular formula is C19H14N4OS. The van der Waals surface area contributed by atoms with Crippen LogP contribution in [-0.4, -0.2) is 19.5 Å². The van der Waals surface area contributed by atoms with Gasteiger partial charge in [-0.3, -0.25) is 4.79 Å². The molecule has 2 N–H and O–H groups in total. The number of hydrogen-bond donors (Lipinski definition) is 2. The summed E-state index contributed by atoms with van der Waals surface area (Å²) in [6.07, 6.45) is 3.92. The molecule has 0 atom stereocenters. The van der Waals surface area contributed by atoms with Crippen molar-refractivity contribution in [2.45, 2.75) is 0 Å². The number of fused-ring (bicyclic) bond motifs is 1. The van der Waals surface area contributed by atoms with Crippen LogP contribution >= 0.6 is 12.2 Å². The van der Waals surface area contributed by atoms with Crippen LogP contribution in [0.5, 0.6) is 0 Å². The standard InChI is InChI=1S/C19H14N4OS/c24-18-13-7-1-2-8-14(13)20-17(22-18)19(25)21-15-9-3-4-10-16(15)23-11-5-6-12-23/h1-12H,(H,21,25)(H,20,22,24). The second kappa shape index (κ2) is 6.33. The minimum atomic E-state index is -0.205. The smallest absolute Gasteiger partial charge is 0.259 e. The van der Waals surface area contributed by atoms with E-state index in [1.54, 1.807) is 12.1 Å². The van der Waals surface area contributed by atoms with Crippen LogP contribution in [0.15, 0.2) is 77.9 Å². The number of nitrogens with zero attached hydrogens (tertiary/aromatic N) is 2. The molecule has 4 rings (SSSR count). The van der Waals surface area contributed by atoms with Crippen LogP contribution in [0.3, 0.4) is 0 Å². The molecule has 5 nitrogen and oxygen atoms in total. The van der Waals surface area contributed by atoms with Crippen LogP contribution in [0, 0.1) is 0 Å². The lowest BCUT2D eigenvalue weighted by atomic mass is 10.2. The maximum atomic E-state index is 12.2. The van der Waals surface area contributed by atoms with Gasteiger partial charge < -0.3 is 14.9 Å². The number of rotatable bonds is 3. The molecule has 0 spiro atoms. The van der Waals surface area contributed by atoms with E-state index in [4.69, 9.17) is 12.2 Å². The van der Waals surface area contributed by atoms with Crippen LogP contribution in [0.4, 0.5) is 5.69 Å². The van der Waals surface area contributed by atoms with E-state index in [9.17, 15) is 4.79 Å². The number of anilines is 1. The zero-order valence-electron chi connectivity index (χ0n) is 13.1. The Morgan fingerprint density at radius 1 is 1.00 bits per heavy atom. The summed E-state index contributed by atoms with van der Waals surface area (Å²) in [5, 5.41) is 3.73. The van der Waals surface area contributed by atoms with Gasteiger partial charge in [-0.25, -0.2) is 4.98 Å². The van der Waals surface area contributed by atoms with Crippen molar-refractivity contribution in [2.75, 3.05) is 5.32 Å². The van der Waals surface area contributed by atoms with E-state index in [-0.39, 0.29) is 5.56 Å². The molecule has 2 aromatic heterocycles. The molecular weight excluding hydrogens is 332 g/mol. The summed E-state index contributed by atoms with van der Waals surface area (Å²) in [7, 11) is 0. The van der Waals surface area contributed by atoms with Gasteiger partial charge in [0, 0.05) is 12.4 Å². The van der Waals surface area contributed by atoms with E-state index in [1.165, 1.54) is 0 Å². The fourth-order valence-electron chi connectivity index (χ4n) is 2.68. The molecule has 122 valence electrons. The van der Waals surface area contributed by atoms with Crippen molar-refractivity contribution in [3.63, 3.8) is 0 Å². The van der Waals surface area contributed by atoms with E-state index in [2.05, 4.69) is 15.3 Å². The SMILES string of the molecule is O=c1[nH]c(C(=S)Nc2ccccc2-n2cccc2)nc2ccccc12. The second-order valence-corrected chi connectivity index (χ2v) is 5.90. The number of benzene rings is 2. The van der Waals surface area contributed by atoms with Gasteiger partial charge in [-0.15, -0.1) is 0 Å². The molecule has 0 aliphatic carbocycles. The molecule has 6 heteroatoms. The summed E-state index contributed by atoms with van der Waals surface area (Å²) >= 11 is 5.46. The maximum absolute atomic E-state index is 12.2. The fourth-order valence-corrected chi connectivity index (χ4v) is 2.88. The van der Waals surface area contributed by atoms with Gasteiger partial charge in [0.1, 0.15) is 4.99 Å².